The fraction of sp³-hybridized carbons (Fsp3) is 0.500. The zero-order valence-corrected chi connectivity index (χ0v) is 14.6. The summed E-state index contributed by atoms with van der Waals surface area (Å²) in [5, 5.41) is 6.87. The van der Waals surface area contributed by atoms with Crippen LogP contribution in [0.3, 0.4) is 0 Å². The SMILES string of the molecule is CNc1nc(C)c(C(=O)N(C)Cc2csc(C(C)C)n2)s1. The van der Waals surface area contributed by atoms with E-state index in [-0.39, 0.29) is 5.91 Å². The Balaban J connectivity index is 2.09. The Kier molecular flexibility index (Phi) is 4.95. The third-order valence-corrected chi connectivity index (χ3v) is 5.37. The van der Waals surface area contributed by atoms with Crippen LogP contribution in [-0.4, -0.2) is 34.9 Å². The number of thiazole rings is 2. The lowest BCUT2D eigenvalue weighted by Gasteiger charge is -2.15. The average Bonchev–Trinajstić information content (AvgIpc) is 3.04. The lowest BCUT2D eigenvalue weighted by molar-refractivity contribution is 0.0787. The van der Waals surface area contributed by atoms with Crippen molar-refractivity contribution in [1.29, 1.82) is 0 Å². The van der Waals surface area contributed by atoms with Crippen molar-refractivity contribution in [3.8, 4) is 0 Å². The Hall–Kier alpha value is -1.47. The first-order valence-corrected chi connectivity index (χ1v) is 8.47. The topological polar surface area (TPSA) is 58.1 Å². The summed E-state index contributed by atoms with van der Waals surface area (Å²) >= 11 is 3.03. The van der Waals surface area contributed by atoms with Crippen molar-refractivity contribution >= 4 is 33.7 Å². The van der Waals surface area contributed by atoms with E-state index in [9.17, 15) is 4.79 Å². The van der Waals surface area contributed by atoms with E-state index in [0.29, 0.717) is 17.3 Å². The Morgan fingerprint density at radius 1 is 1.43 bits per heavy atom. The van der Waals surface area contributed by atoms with Gasteiger partial charge in [-0.05, 0) is 6.92 Å². The van der Waals surface area contributed by atoms with Crippen molar-refractivity contribution in [2.24, 2.45) is 0 Å². The van der Waals surface area contributed by atoms with Gasteiger partial charge in [-0.15, -0.1) is 11.3 Å². The molecule has 1 N–H and O–H groups in total. The van der Waals surface area contributed by atoms with Crippen LogP contribution in [-0.2, 0) is 6.54 Å². The molecule has 114 valence electrons. The highest BCUT2D eigenvalue weighted by atomic mass is 32.1. The largest absolute Gasteiger partial charge is 0.365 e. The van der Waals surface area contributed by atoms with Gasteiger partial charge < -0.3 is 10.2 Å². The summed E-state index contributed by atoms with van der Waals surface area (Å²) in [7, 11) is 3.61. The number of anilines is 1. The summed E-state index contributed by atoms with van der Waals surface area (Å²) in [5.41, 5.74) is 1.71. The molecule has 0 saturated carbocycles. The van der Waals surface area contributed by atoms with Gasteiger partial charge in [0.1, 0.15) is 4.88 Å². The number of carbonyl (C=O) groups excluding carboxylic acids is 1. The van der Waals surface area contributed by atoms with Crippen LogP contribution < -0.4 is 5.32 Å². The maximum Gasteiger partial charge on any atom is 0.266 e. The predicted molar refractivity (Wildman–Crippen MR) is 88.4 cm³/mol. The molecule has 21 heavy (non-hydrogen) atoms. The fourth-order valence-corrected chi connectivity index (χ4v) is 3.59. The van der Waals surface area contributed by atoms with Crippen LogP contribution in [0.4, 0.5) is 5.13 Å². The van der Waals surface area contributed by atoms with Crippen molar-refractivity contribution in [1.82, 2.24) is 14.9 Å². The first-order valence-electron chi connectivity index (χ1n) is 6.77. The number of rotatable bonds is 5. The number of hydrogen-bond donors (Lipinski definition) is 1. The molecule has 0 bridgehead atoms. The van der Waals surface area contributed by atoms with Gasteiger partial charge in [-0.2, -0.15) is 0 Å². The predicted octanol–water partition coefficient (Wildman–Crippen LogP) is 3.35. The maximum atomic E-state index is 12.5. The Labute approximate surface area is 133 Å². The molecule has 2 aromatic heterocycles. The van der Waals surface area contributed by atoms with Gasteiger partial charge in [0.25, 0.3) is 5.91 Å². The van der Waals surface area contributed by atoms with E-state index in [1.54, 1.807) is 30.3 Å². The lowest BCUT2D eigenvalue weighted by Crippen LogP contribution is -2.26. The molecule has 0 atom stereocenters. The second-order valence-electron chi connectivity index (χ2n) is 5.18. The Bertz CT molecular complexity index is 633. The van der Waals surface area contributed by atoms with Crippen LogP contribution in [0.5, 0.6) is 0 Å². The summed E-state index contributed by atoms with van der Waals surface area (Å²) in [6.45, 7) is 6.63. The van der Waals surface area contributed by atoms with Crippen LogP contribution in [0.2, 0.25) is 0 Å². The van der Waals surface area contributed by atoms with Gasteiger partial charge >= 0.3 is 0 Å². The molecular formula is C14H20N4OS2. The monoisotopic (exact) mass is 324 g/mol. The highest BCUT2D eigenvalue weighted by Crippen LogP contribution is 2.24. The number of aromatic nitrogens is 2. The number of hydrogen-bond acceptors (Lipinski definition) is 6. The summed E-state index contributed by atoms with van der Waals surface area (Å²) in [6.07, 6.45) is 0. The van der Waals surface area contributed by atoms with E-state index in [1.807, 2.05) is 12.3 Å². The zero-order valence-electron chi connectivity index (χ0n) is 12.9. The normalized spacial score (nSPS) is 11.0. The molecule has 0 aliphatic carbocycles. The van der Waals surface area contributed by atoms with E-state index < -0.39 is 0 Å². The standard InChI is InChI=1S/C14H20N4OS2/c1-8(2)12-17-10(7-20-12)6-18(5)13(19)11-9(3)16-14(15-4)21-11/h7-8H,6H2,1-5H3,(H,15,16). The highest BCUT2D eigenvalue weighted by molar-refractivity contribution is 7.17. The third kappa shape index (κ3) is 3.59. The lowest BCUT2D eigenvalue weighted by atomic mass is 10.2. The third-order valence-electron chi connectivity index (χ3n) is 3.01. The molecule has 0 unspecified atom stereocenters. The second-order valence-corrected chi connectivity index (χ2v) is 7.07. The van der Waals surface area contributed by atoms with Gasteiger partial charge in [0.15, 0.2) is 5.13 Å². The Morgan fingerprint density at radius 2 is 2.14 bits per heavy atom. The molecule has 5 nitrogen and oxygen atoms in total. The molecular weight excluding hydrogens is 304 g/mol. The summed E-state index contributed by atoms with van der Waals surface area (Å²) < 4.78 is 0. The van der Waals surface area contributed by atoms with E-state index in [0.717, 1.165) is 21.5 Å². The minimum absolute atomic E-state index is 0.00871. The van der Waals surface area contributed by atoms with Gasteiger partial charge in [-0.3, -0.25) is 4.79 Å². The summed E-state index contributed by atoms with van der Waals surface area (Å²) in [6, 6.07) is 0. The second kappa shape index (κ2) is 6.53. The average molecular weight is 324 g/mol. The molecule has 0 radical (unpaired) electrons. The van der Waals surface area contributed by atoms with E-state index >= 15 is 0 Å². The van der Waals surface area contributed by atoms with Crippen LogP contribution in [0, 0.1) is 6.92 Å². The molecule has 0 saturated heterocycles. The van der Waals surface area contributed by atoms with Crippen molar-refractivity contribution in [2.45, 2.75) is 33.2 Å². The van der Waals surface area contributed by atoms with Crippen molar-refractivity contribution < 1.29 is 4.79 Å². The van der Waals surface area contributed by atoms with Crippen molar-refractivity contribution in [3.05, 3.63) is 26.7 Å². The number of nitrogens with one attached hydrogen (secondary N) is 1. The first-order chi connectivity index (χ1) is 9.92. The van der Waals surface area contributed by atoms with Crippen LogP contribution in [0.1, 0.15) is 45.8 Å². The molecule has 2 heterocycles. The Morgan fingerprint density at radius 3 is 2.67 bits per heavy atom. The van der Waals surface area contributed by atoms with Crippen molar-refractivity contribution in [2.75, 3.05) is 19.4 Å². The maximum absolute atomic E-state index is 12.5. The number of amides is 1. The number of aryl methyl sites for hydroxylation is 1. The zero-order chi connectivity index (χ0) is 15.6. The van der Waals surface area contributed by atoms with Crippen molar-refractivity contribution in [3.63, 3.8) is 0 Å². The molecule has 2 rings (SSSR count). The van der Waals surface area contributed by atoms with Gasteiger partial charge in [0, 0.05) is 25.4 Å². The van der Waals surface area contributed by atoms with Gasteiger partial charge in [0.05, 0.1) is 22.9 Å². The van der Waals surface area contributed by atoms with Crippen LogP contribution in [0.15, 0.2) is 5.38 Å². The quantitative estimate of drug-likeness (QED) is 0.916. The molecule has 0 spiro atoms. The smallest absolute Gasteiger partial charge is 0.266 e. The molecule has 0 aliphatic heterocycles. The minimum Gasteiger partial charge on any atom is -0.365 e. The minimum atomic E-state index is -0.00871. The van der Waals surface area contributed by atoms with E-state index in [4.69, 9.17) is 0 Å². The van der Waals surface area contributed by atoms with Crippen LogP contribution >= 0.6 is 22.7 Å². The first kappa shape index (κ1) is 15.9. The molecule has 0 fully saturated rings. The molecule has 7 heteroatoms. The number of nitrogens with zero attached hydrogens (tertiary/aromatic N) is 3. The highest BCUT2D eigenvalue weighted by Gasteiger charge is 2.19. The van der Waals surface area contributed by atoms with Gasteiger partial charge in [-0.1, -0.05) is 25.2 Å². The van der Waals surface area contributed by atoms with E-state index in [1.165, 1.54) is 11.3 Å². The number of carbonyl (C=O) groups is 1. The molecule has 0 aliphatic rings. The molecule has 1 amide bonds. The summed E-state index contributed by atoms with van der Waals surface area (Å²) in [4.78, 5) is 23.7. The van der Waals surface area contributed by atoms with E-state index in [2.05, 4.69) is 29.1 Å². The van der Waals surface area contributed by atoms with Gasteiger partial charge in [0.2, 0.25) is 0 Å². The molecule has 0 aromatic carbocycles. The van der Waals surface area contributed by atoms with Crippen LogP contribution in [0.25, 0.3) is 0 Å². The fourth-order valence-electron chi connectivity index (χ4n) is 1.85. The van der Waals surface area contributed by atoms with Gasteiger partial charge in [-0.25, -0.2) is 9.97 Å². The molecule has 2 aromatic rings. The summed E-state index contributed by atoms with van der Waals surface area (Å²) in [5.74, 6) is 0.414.